The third-order valence-corrected chi connectivity index (χ3v) is 3.73. The minimum atomic E-state index is -2.90. The molecule has 0 aromatic heterocycles. The number of guanidine groups is 1. The Bertz CT molecular complexity index is 392. The van der Waals surface area contributed by atoms with Crippen LogP contribution >= 0.6 is 24.0 Å². The molecule has 5 nitrogen and oxygen atoms in total. The first-order valence-electron chi connectivity index (χ1n) is 6.68. The molecule has 20 heavy (non-hydrogen) atoms. The maximum atomic E-state index is 11.2. The molecule has 122 valence electrons. The molecule has 0 saturated heterocycles. The lowest BCUT2D eigenvalue weighted by Crippen LogP contribution is -2.43. The Balaban J connectivity index is 0. The highest BCUT2D eigenvalue weighted by Crippen LogP contribution is 2.19. The zero-order chi connectivity index (χ0) is 15.1. The Kier molecular flexibility index (Phi) is 10.9. The normalized spacial score (nSPS) is 13.1. The van der Waals surface area contributed by atoms with Crippen LogP contribution in [0.3, 0.4) is 0 Å². The van der Waals surface area contributed by atoms with Gasteiger partial charge in [-0.15, -0.1) is 24.0 Å². The zero-order valence-electron chi connectivity index (χ0n) is 13.5. The molecule has 0 atom stereocenters. The van der Waals surface area contributed by atoms with Crippen LogP contribution in [0.5, 0.6) is 0 Å². The quantitative estimate of drug-likeness (QED) is 0.376. The third kappa shape index (κ3) is 13.0. The fourth-order valence-electron chi connectivity index (χ4n) is 1.39. The molecular weight excluding hydrogens is 389 g/mol. The number of sulfone groups is 1. The molecule has 0 aliphatic rings. The van der Waals surface area contributed by atoms with E-state index in [-0.39, 0.29) is 35.1 Å². The molecule has 0 saturated carbocycles. The molecule has 0 rings (SSSR count). The van der Waals surface area contributed by atoms with Gasteiger partial charge in [-0.2, -0.15) is 0 Å². The van der Waals surface area contributed by atoms with Crippen molar-refractivity contribution in [2.45, 2.75) is 34.1 Å². The van der Waals surface area contributed by atoms with E-state index >= 15 is 0 Å². The number of nitrogens with one attached hydrogen (secondary N) is 2. The van der Waals surface area contributed by atoms with Crippen molar-refractivity contribution >= 4 is 39.8 Å². The van der Waals surface area contributed by atoms with Crippen molar-refractivity contribution in [3.05, 3.63) is 0 Å². The molecule has 2 N–H and O–H groups in total. The van der Waals surface area contributed by atoms with Crippen molar-refractivity contribution in [1.82, 2.24) is 10.6 Å². The van der Waals surface area contributed by atoms with Crippen molar-refractivity contribution < 1.29 is 8.42 Å². The number of halogens is 1. The zero-order valence-corrected chi connectivity index (χ0v) is 16.6. The highest BCUT2D eigenvalue weighted by molar-refractivity contribution is 14.0. The maximum Gasteiger partial charge on any atom is 0.191 e. The average Bonchev–Trinajstić information content (AvgIpc) is 2.26. The van der Waals surface area contributed by atoms with Crippen molar-refractivity contribution in [3.63, 3.8) is 0 Å². The third-order valence-electron chi connectivity index (χ3n) is 2.79. The number of nitrogens with zero attached hydrogens (tertiary/aromatic N) is 1. The van der Waals surface area contributed by atoms with Gasteiger partial charge in [-0.3, -0.25) is 4.99 Å². The summed E-state index contributed by atoms with van der Waals surface area (Å²) in [7, 11) is -1.16. The van der Waals surface area contributed by atoms with Crippen LogP contribution in [0.4, 0.5) is 0 Å². The molecule has 0 amide bonds. The minimum Gasteiger partial charge on any atom is -0.356 e. The minimum absolute atomic E-state index is 0. The second kappa shape index (κ2) is 9.81. The largest absolute Gasteiger partial charge is 0.356 e. The lowest BCUT2D eigenvalue weighted by molar-refractivity contribution is 0.348. The SMILES string of the molecule is CN=C(NCC(C)C)NCC(C)(C)CCS(C)(=O)=O.I. The molecule has 0 aromatic rings. The van der Waals surface area contributed by atoms with Crippen molar-refractivity contribution in [3.8, 4) is 0 Å². The summed E-state index contributed by atoms with van der Waals surface area (Å²) < 4.78 is 22.4. The van der Waals surface area contributed by atoms with Crippen LogP contribution in [0, 0.1) is 11.3 Å². The first-order chi connectivity index (χ1) is 8.56. The molecule has 0 spiro atoms. The molecule has 0 radical (unpaired) electrons. The number of aliphatic imine (C=N–C) groups is 1. The van der Waals surface area contributed by atoms with Gasteiger partial charge < -0.3 is 10.6 Å². The molecule has 0 aliphatic carbocycles. The summed E-state index contributed by atoms with van der Waals surface area (Å²) in [4.78, 5) is 4.15. The van der Waals surface area contributed by atoms with Gasteiger partial charge in [-0.05, 0) is 17.8 Å². The van der Waals surface area contributed by atoms with Crippen LogP contribution in [0.15, 0.2) is 4.99 Å². The molecule has 0 unspecified atom stereocenters. The Labute approximate surface area is 141 Å². The summed E-state index contributed by atoms with van der Waals surface area (Å²) in [6, 6.07) is 0. The second-order valence-corrected chi connectivity index (χ2v) is 8.50. The van der Waals surface area contributed by atoms with Crippen molar-refractivity contribution in [2.75, 3.05) is 32.1 Å². The Morgan fingerprint density at radius 1 is 1.25 bits per heavy atom. The first-order valence-corrected chi connectivity index (χ1v) is 8.74. The van der Waals surface area contributed by atoms with E-state index in [9.17, 15) is 8.42 Å². The lowest BCUT2D eigenvalue weighted by Gasteiger charge is -2.26. The monoisotopic (exact) mass is 419 g/mol. The molecule has 0 bridgehead atoms. The predicted octanol–water partition coefficient (Wildman–Crippen LogP) is 1.89. The predicted molar refractivity (Wildman–Crippen MR) is 97.7 cm³/mol. The van der Waals surface area contributed by atoms with Crippen LogP contribution in [-0.2, 0) is 9.84 Å². The summed E-state index contributed by atoms with van der Waals surface area (Å²) >= 11 is 0. The van der Waals surface area contributed by atoms with Gasteiger partial charge in [0.15, 0.2) is 5.96 Å². The fraction of sp³-hybridized carbons (Fsp3) is 0.923. The smallest absolute Gasteiger partial charge is 0.191 e. The fourth-order valence-corrected chi connectivity index (χ4v) is 2.32. The van der Waals surface area contributed by atoms with Gasteiger partial charge in [0.2, 0.25) is 0 Å². The van der Waals surface area contributed by atoms with Gasteiger partial charge in [0.1, 0.15) is 9.84 Å². The summed E-state index contributed by atoms with van der Waals surface area (Å²) in [6.45, 7) is 9.94. The summed E-state index contributed by atoms with van der Waals surface area (Å²) in [5.74, 6) is 1.54. The molecule has 7 heteroatoms. The number of rotatable bonds is 7. The maximum absolute atomic E-state index is 11.2. The van der Waals surface area contributed by atoms with E-state index < -0.39 is 9.84 Å². The van der Waals surface area contributed by atoms with E-state index in [1.165, 1.54) is 6.26 Å². The van der Waals surface area contributed by atoms with Crippen LogP contribution in [0.2, 0.25) is 0 Å². The highest BCUT2D eigenvalue weighted by Gasteiger charge is 2.20. The van der Waals surface area contributed by atoms with Gasteiger partial charge in [-0.25, -0.2) is 8.42 Å². The number of hydrogen-bond donors (Lipinski definition) is 2. The van der Waals surface area contributed by atoms with Gasteiger partial charge in [0.25, 0.3) is 0 Å². The van der Waals surface area contributed by atoms with E-state index in [2.05, 4.69) is 43.3 Å². The first kappa shape index (κ1) is 22.2. The topological polar surface area (TPSA) is 70.6 Å². The average molecular weight is 419 g/mol. The van der Waals surface area contributed by atoms with E-state index in [0.717, 1.165) is 12.5 Å². The van der Waals surface area contributed by atoms with Crippen LogP contribution < -0.4 is 10.6 Å². The highest BCUT2D eigenvalue weighted by atomic mass is 127. The van der Waals surface area contributed by atoms with Gasteiger partial charge in [0, 0.05) is 26.4 Å². The van der Waals surface area contributed by atoms with Gasteiger partial charge >= 0.3 is 0 Å². The van der Waals surface area contributed by atoms with Crippen molar-refractivity contribution in [2.24, 2.45) is 16.3 Å². The lowest BCUT2D eigenvalue weighted by atomic mass is 9.90. The molecule has 0 aromatic carbocycles. The molecule has 0 aliphatic heterocycles. The van der Waals surface area contributed by atoms with Gasteiger partial charge in [-0.1, -0.05) is 27.7 Å². The molecule has 0 fully saturated rings. The van der Waals surface area contributed by atoms with Crippen LogP contribution in [-0.4, -0.2) is 46.5 Å². The Morgan fingerprint density at radius 3 is 2.20 bits per heavy atom. The molecule has 0 heterocycles. The van der Waals surface area contributed by atoms with E-state index in [0.29, 0.717) is 18.9 Å². The Hall–Kier alpha value is -0.0500. The van der Waals surface area contributed by atoms with E-state index in [4.69, 9.17) is 0 Å². The van der Waals surface area contributed by atoms with E-state index in [1.54, 1.807) is 7.05 Å². The standard InChI is InChI=1S/C13H29N3O2S.HI/c1-11(2)9-15-12(14-5)16-10-13(3,4)7-8-19(6,17)18;/h11H,7-10H2,1-6H3,(H2,14,15,16);1H. The van der Waals surface area contributed by atoms with Gasteiger partial charge in [0.05, 0.1) is 5.75 Å². The number of hydrogen-bond acceptors (Lipinski definition) is 3. The summed E-state index contributed by atoms with van der Waals surface area (Å²) in [5, 5.41) is 6.48. The summed E-state index contributed by atoms with van der Waals surface area (Å²) in [5.41, 5.74) is -0.0848. The van der Waals surface area contributed by atoms with Crippen molar-refractivity contribution in [1.29, 1.82) is 0 Å². The van der Waals surface area contributed by atoms with E-state index in [1.807, 2.05) is 0 Å². The Morgan fingerprint density at radius 2 is 1.80 bits per heavy atom. The molecular formula is C13H30IN3O2S. The van der Waals surface area contributed by atoms with Crippen LogP contribution in [0.25, 0.3) is 0 Å². The van der Waals surface area contributed by atoms with Crippen LogP contribution in [0.1, 0.15) is 34.1 Å². The second-order valence-electron chi connectivity index (χ2n) is 6.24. The summed E-state index contributed by atoms with van der Waals surface area (Å²) in [6.07, 6.45) is 1.92.